The van der Waals surface area contributed by atoms with Crippen molar-refractivity contribution < 1.29 is 63.0 Å². The molecule has 18 N–H and O–H groups in total. The van der Waals surface area contributed by atoms with Crippen LogP contribution in [0.2, 0.25) is 0 Å². The van der Waals surface area contributed by atoms with Crippen molar-refractivity contribution in [3.05, 3.63) is 131 Å². The van der Waals surface area contributed by atoms with Gasteiger partial charge >= 0.3 is 0 Å². The number of phenolic OH excluding ortho intramolecular Hbond substituents is 2. The molecule has 11 amide bonds. The topological polar surface area (TPSA) is 430 Å². The summed E-state index contributed by atoms with van der Waals surface area (Å²) in [5.74, 6) is -9.80. The molecule has 526 valence electrons. The molecule has 4 aromatic rings. The van der Waals surface area contributed by atoms with E-state index < -0.39 is 138 Å². The van der Waals surface area contributed by atoms with Crippen LogP contribution >= 0.6 is 0 Å². The van der Waals surface area contributed by atoms with Crippen LogP contribution in [-0.2, 0) is 78.4 Å². The number of nitrogens with one attached hydrogen (secondary N) is 10. The maximum atomic E-state index is 15.3. The van der Waals surface area contributed by atoms with Crippen LogP contribution in [0.4, 0.5) is 0 Å². The summed E-state index contributed by atoms with van der Waals surface area (Å²) in [7, 11) is 0. The minimum Gasteiger partial charge on any atom is -0.508 e. The van der Waals surface area contributed by atoms with Crippen molar-refractivity contribution in [2.24, 2.45) is 23.1 Å². The molecule has 10 atom stereocenters. The third kappa shape index (κ3) is 24.6. The Balaban J connectivity index is 1.48. The summed E-state index contributed by atoms with van der Waals surface area (Å²) in [6.45, 7) is 5.87. The molecule has 2 aliphatic rings. The highest BCUT2D eigenvalue weighted by molar-refractivity contribution is 6.00. The zero-order chi connectivity index (χ0) is 70.4. The molecule has 0 saturated carbocycles. The fourth-order valence-electron chi connectivity index (χ4n) is 11.6. The van der Waals surface area contributed by atoms with E-state index in [1.165, 1.54) is 41.3 Å². The molecular formula is C70H98N14O13. The van der Waals surface area contributed by atoms with Gasteiger partial charge in [0.25, 0.3) is 0 Å². The van der Waals surface area contributed by atoms with E-state index in [0.717, 1.165) is 0 Å². The maximum absolute atomic E-state index is 15.3. The first kappa shape index (κ1) is 76.5. The van der Waals surface area contributed by atoms with Crippen molar-refractivity contribution >= 4 is 65.0 Å². The molecular weight excluding hydrogens is 1240 g/mol. The summed E-state index contributed by atoms with van der Waals surface area (Å²) in [6.07, 6.45) is 1.21. The number of aromatic hydroxyl groups is 2. The summed E-state index contributed by atoms with van der Waals surface area (Å²) in [5.41, 5.74) is 20.0. The Morgan fingerprint density at radius 1 is 0.454 bits per heavy atom. The number of phenols is 2. The summed E-state index contributed by atoms with van der Waals surface area (Å²) in [4.78, 5) is 164. The number of rotatable bonds is 24. The Labute approximate surface area is 566 Å². The molecule has 0 aromatic heterocycles. The Morgan fingerprint density at radius 3 is 1.26 bits per heavy atom. The highest BCUT2D eigenvalue weighted by Gasteiger charge is 2.42. The van der Waals surface area contributed by atoms with Crippen LogP contribution in [0.3, 0.4) is 0 Å². The smallest absolute Gasteiger partial charge is 0.246 e. The number of carbonyl (C=O) groups is 11. The van der Waals surface area contributed by atoms with E-state index in [-0.39, 0.29) is 108 Å². The summed E-state index contributed by atoms with van der Waals surface area (Å²) < 4.78 is 0. The van der Waals surface area contributed by atoms with Crippen LogP contribution in [0.25, 0.3) is 0 Å². The van der Waals surface area contributed by atoms with Gasteiger partial charge in [-0.25, -0.2) is 0 Å². The first-order chi connectivity index (χ1) is 46.6. The average molecular weight is 1340 g/mol. The van der Waals surface area contributed by atoms with Gasteiger partial charge < -0.3 is 85.5 Å². The average Bonchev–Trinajstić information content (AvgIpc) is 1.89. The lowest BCUT2D eigenvalue weighted by atomic mass is 9.99. The normalized spacial score (nSPS) is 23.3. The fourth-order valence-corrected chi connectivity index (χ4v) is 11.6. The molecule has 2 heterocycles. The third-order valence-corrected chi connectivity index (χ3v) is 17.0. The molecule has 2 aliphatic heterocycles. The van der Waals surface area contributed by atoms with E-state index in [2.05, 4.69) is 53.2 Å². The van der Waals surface area contributed by atoms with E-state index in [1.54, 1.807) is 86.6 Å². The van der Waals surface area contributed by atoms with Gasteiger partial charge in [0.05, 0.1) is 6.42 Å². The minimum absolute atomic E-state index is 0.0289. The lowest BCUT2D eigenvalue weighted by Crippen LogP contribution is -2.62. The summed E-state index contributed by atoms with van der Waals surface area (Å²) in [5, 5.41) is 48.1. The second kappa shape index (κ2) is 39.5. The number of unbranched alkanes of at least 4 members (excludes halogenated alkanes) is 2. The second-order valence-electron chi connectivity index (χ2n) is 25.1. The van der Waals surface area contributed by atoms with Crippen LogP contribution in [0, 0.1) is 5.92 Å². The van der Waals surface area contributed by atoms with Gasteiger partial charge in [-0.2, -0.15) is 0 Å². The first-order valence-electron chi connectivity index (χ1n) is 33.7. The van der Waals surface area contributed by atoms with Gasteiger partial charge in [0.1, 0.15) is 71.9 Å². The highest BCUT2D eigenvalue weighted by Crippen LogP contribution is 2.22. The van der Waals surface area contributed by atoms with Crippen molar-refractivity contribution in [3.63, 3.8) is 0 Å². The van der Waals surface area contributed by atoms with Crippen molar-refractivity contribution in [2.75, 3.05) is 32.7 Å². The molecule has 27 heteroatoms. The Kier molecular flexibility index (Phi) is 31.2. The molecule has 0 unspecified atom stereocenters. The molecule has 0 spiro atoms. The molecule has 0 radical (unpaired) electrons. The predicted molar refractivity (Wildman–Crippen MR) is 363 cm³/mol. The van der Waals surface area contributed by atoms with E-state index in [9.17, 15) is 53.4 Å². The molecule has 4 aromatic carbocycles. The van der Waals surface area contributed by atoms with Crippen LogP contribution in [-0.4, -0.2) is 173 Å². The van der Waals surface area contributed by atoms with Gasteiger partial charge in [-0.3, -0.25) is 52.7 Å². The van der Waals surface area contributed by atoms with Gasteiger partial charge in [-0.15, -0.1) is 0 Å². The molecule has 2 fully saturated rings. The Morgan fingerprint density at radius 2 is 0.814 bits per heavy atom. The van der Waals surface area contributed by atoms with Crippen molar-refractivity contribution in [1.29, 1.82) is 0 Å². The molecule has 6 rings (SSSR count). The SMILES string of the molecule is CCCNC(=O)C[C@@H]1NC(=O)[C@@H](CCCCN)NC(=O)[C@H](Cc2ccccc2)NC(=O)[C@@H]2CCCN2C(=O)[C@@H](Cc2ccccc2)NC(=O)[C@H](Cc2ccc(O)cc2)NC(=O)[C@H](CCCN)NC(=O)[C@H](C(C)C)NC(=O)[C@H](Cc2ccc(O)cc2)NC(=O)[C@H](CCCCN)NC1=O. The van der Waals surface area contributed by atoms with Crippen molar-refractivity contribution in [1.82, 2.24) is 58.1 Å². The fraction of sp³-hybridized carbons (Fsp3) is 0.500. The quantitative estimate of drug-likeness (QED) is 0.0420. The number of hydrogen-bond acceptors (Lipinski definition) is 16. The number of carbonyl (C=O) groups excluding carboxylic acids is 11. The third-order valence-electron chi connectivity index (χ3n) is 17.0. The Bertz CT molecular complexity index is 3250. The van der Waals surface area contributed by atoms with Gasteiger partial charge in [0, 0.05) is 38.8 Å². The number of nitrogens with two attached hydrogens (primary N) is 3. The Hall–Kier alpha value is -9.47. The minimum atomic E-state index is -1.67. The lowest BCUT2D eigenvalue weighted by molar-refractivity contribution is -0.142. The zero-order valence-electron chi connectivity index (χ0n) is 55.7. The van der Waals surface area contributed by atoms with E-state index in [1.807, 2.05) is 6.92 Å². The lowest BCUT2D eigenvalue weighted by Gasteiger charge is -2.31. The number of hydrogen-bond donors (Lipinski definition) is 15. The molecule has 97 heavy (non-hydrogen) atoms. The molecule has 0 aliphatic carbocycles. The second-order valence-corrected chi connectivity index (χ2v) is 25.1. The van der Waals surface area contributed by atoms with E-state index in [0.29, 0.717) is 54.4 Å². The van der Waals surface area contributed by atoms with Crippen LogP contribution in [0.1, 0.15) is 120 Å². The van der Waals surface area contributed by atoms with Gasteiger partial charge in [0.2, 0.25) is 65.0 Å². The van der Waals surface area contributed by atoms with Crippen molar-refractivity contribution in [2.45, 2.75) is 184 Å². The monoisotopic (exact) mass is 1340 g/mol. The van der Waals surface area contributed by atoms with Gasteiger partial charge in [0.15, 0.2) is 0 Å². The van der Waals surface area contributed by atoms with Crippen molar-refractivity contribution in [3.8, 4) is 11.5 Å². The zero-order valence-corrected chi connectivity index (χ0v) is 55.7. The molecule has 0 bridgehead atoms. The van der Waals surface area contributed by atoms with Crippen LogP contribution in [0.15, 0.2) is 109 Å². The van der Waals surface area contributed by atoms with E-state index in [4.69, 9.17) is 17.2 Å². The number of fused-ring (bicyclic) bond motifs is 1. The number of nitrogens with zero attached hydrogens (tertiary/aromatic N) is 1. The first-order valence-corrected chi connectivity index (χ1v) is 33.7. The number of benzene rings is 4. The van der Waals surface area contributed by atoms with Gasteiger partial charge in [-0.1, -0.05) is 106 Å². The molecule has 2 saturated heterocycles. The predicted octanol–water partition coefficient (Wildman–Crippen LogP) is 0.305. The molecule has 27 nitrogen and oxygen atoms in total. The van der Waals surface area contributed by atoms with Crippen LogP contribution < -0.4 is 70.4 Å². The largest absolute Gasteiger partial charge is 0.508 e. The van der Waals surface area contributed by atoms with E-state index >= 15 is 9.59 Å². The summed E-state index contributed by atoms with van der Waals surface area (Å²) >= 11 is 0. The summed E-state index contributed by atoms with van der Waals surface area (Å²) in [6, 6.07) is 15.0. The van der Waals surface area contributed by atoms with Gasteiger partial charge in [-0.05, 0) is 143 Å². The maximum Gasteiger partial charge on any atom is 0.246 e. The van der Waals surface area contributed by atoms with Crippen LogP contribution in [0.5, 0.6) is 11.5 Å². The number of amides is 11. The highest BCUT2D eigenvalue weighted by atomic mass is 16.3. The standard InChI is InChI=1S/C70H98N14O13/c1-4-36-74-59(87)42-56-66(93)76-50(21-11-13-33-71)61(88)79-55(40-47-27-31-49(86)32-28-47)67(94)83-60(43(2)3)69(96)77-52(23-15-35-73)63(90)78-53(39-46-25-29-48(85)30-26-46)65(92)82-57(41-45-19-9-6-10-20-45)70(97)84-37-16-24-58(84)68(95)81-54(38-44-17-7-5-8-18-44)64(91)75-51(62(89)80-56)22-12-14-34-72/h5-10,17-20,25-32,43,50-58,60,85-86H,4,11-16,21-24,33-42,71-73H2,1-3H3,(H,74,87)(H,75,91)(H,76,93)(H,77,96)(H,78,90)(H,79,88)(H,80,89)(H,81,95)(H,82,92)(H,83,94)/t50-,51+,52-,53-,54-,55-,56-,57+,58-,60-/m0/s1.